The summed E-state index contributed by atoms with van der Waals surface area (Å²) in [5.41, 5.74) is 9.31. The van der Waals surface area contributed by atoms with Crippen molar-refractivity contribution >= 4 is 51.1 Å². The SMILES string of the molecule is CSc1c(-c2ccccc2)c(N)nc2ccc(I)cc12. The molecule has 2 nitrogen and oxygen atoms in total. The summed E-state index contributed by atoms with van der Waals surface area (Å²) in [4.78, 5) is 5.75. The van der Waals surface area contributed by atoms with Crippen molar-refractivity contribution in [3.8, 4) is 11.1 Å². The first kappa shape index (κ1) is 13.7. The number of nitrogen functional groups attached to an aromatic ring is 1. The molecule has 0 aliphatic heterocycles. The third-order valence-corrected chi connectivity index (χ3v) is 4.70. The van der Waals surface area contributed by atoms with Crippen LogP contribution in [0, 0.1) is 3.57 Å². The maximum absolute atomic E-state index is 6.21. The minimum Gasteiger partial charge on any atom is -0.383 e. The first-order valence-corrected chi connectivity index (χ1v) is 8.49. The number of thioether (sulfide) groups is 1. The Morgan fingerprint density at radius 1 is 1.10 bits per heavy atom. The van der Waals surface area contributed by atoms with E-state index in [4.69, 9.17) is 5.73 Å². The summed E-state index contributed by atoms with van der Waals surface area (Å²) in [6.07, 6.45) is 2.08. The van der Waals surface area contributed by atoms with Gasteiger partial charge in [0.15, 0.2) is 0 Å². The van der Waals surface area contributed by atoms with Crippen LogP contribution in [0.3, 0.4) is 0 Å². The van der Waals surface area contributed by atoms with Gasteiger partial charge in [-0.05, 0) is 52.6 Å². The van der Waals surface area contributed by atoms with Crippen molar-refractivity contribution in [1.82, 2.24) is 4.98 Å². The normalized spacial score (nSPS) is 10.9. The van der Waals surface area contributed by atoms with Crippen LogP contribution < -0.4 is 5.73 Å². The van der Waals surface area contributed by atoms with Gasteiger partial charge in [0.1, 0.15) is 5.82 Å². The van der Waals surface area contributed by atoms with E-state index in [2.05, 4.69) is 58.1 Å². The molecule has 2 aromatic carbocycles. The van der Waals surface area contributed by atoms with E-state index >= 15 is 0 Å². The summed E-state index contributed by atoms with van der Waals surface area (Å²) in [7, 11) is 0. The molecule has 4 heteroatoms. The molecule has 0 spiro atoms. The van der Waals surface area contributed by atoms with Crippen LogP contribution >= 0.6 is 34.4 Å². The zero-order valence-corrected chi connectivity index (χ0v) is 13.9. The topological polar surface area (TPSA) is 38.9 Å². The van der Waals surface area contributed by atoms with Crippen molar-refractivity contribution in [2.24, 2.45) is 0 Å². The zero-order chi connectivity index (χ0) is 14.1. The summed E-state index contributed by atoms with van der Waals surface area (Å²) >= 11 is 4.05. The number of aromatic nitrogens is 1. The Morgan fingerprint density at radius 3 is 2.55 bits per heavy atom. The fourth-order valence-corrected chi connectivity index (χ4v) is 3.62. The van der Waals surface area contributed by atoms with Crippen molar-refractivity contribution in [2.75, 3.05) is 12.0 Å². The van der Waals surface area contributed by atoms with Crippen molar-refractivity contribution in [3.05, 3.63) is 52.1 Å². The quantitative estimate of drug-likeness (QED) is 0.503. The van der Waals surface area contributed by atoms with Crippen molar-refractivity contribution in [1.29, 1.82) is 0 Å². The molecule has 0 saturated carbocycles. The van der Waals surface area contributed by atoms with E-state index in [1.165, 1.54) is 8.47 Å². The molecule has 0 aliphatic rings. The van der Waals surface area contributed by atoms with Crippen LogP contribution in [0.4, 0.5) is 5.82 Å². The molecule has 1 heterocycles. The molecule has 0 aliphatic carbocycles. The Bertz CT molecular complexity index is 772. The third kappa shape index (κ3) is 2.38. The van der Waals surface area contributed by atoms with E-state index in [1.807, 2.05) is 24.3 Å². The minimum absolute atomic E-state index is 0.592. The van der Waals surface area contributed by atoms with Gasteiger partial charge in [-0.15, -0.1) is 11.8 Å². The number of hydrogen-bond acceptors (Lipinski definition) is 3. The van der Waals surface area contributed by atoms with E-state index < -0.39 is 0 Å². The first-order chi connectivity index (χ1) is 9.70. The van der Waals surface area contributed by atoms with Crippen LogP contribution in [0.2, 0.25) is 0 Å². The lowest BCUT2D eigenvalue weighted by Crippen LogP contribution is -1.98. The first-order valence-electron chi connectivity index (χ1n) is 6.19. The van der Waals surface area contributed by atoms with E-state index in [0.717, 1.165) is 22.0 Å². The van der Waals surface area contributed by atoms with Gasteiger partial charge in [-0.3, -0.25) is 0 Å². The molecule has 1 aromatic heterocycles. The van der Waals surface area contributed by atoms with Gasteiger partial charge < -0.3 is 5.73 Å². The molecular formula is C16H13IN2S. The van der Waals surface area contributed by atoms with Gasteiger partial charge in [-0.25, -0.2) is 4.98 Å². The number of hydrogen-bond donors (Lipinski definition) is 1. The van der Waals surface area contributed by atoms with Gasteiger partial charge in [0.2, 0.25) is 0 Å². The van der Waals surface area contributed by atoms with Crippen LogP contribution in [0.15, 0.2) is 53.4 Å². The maximum atomic E-state index is 6.21. The molecule has 0 amide bonds. The second-order valence-corrected chi connectivity index (χ2v) is 6.49. The molecule has 20 heavy (non-hydrogen) atoms. The van der Waals surface area contributed by atoms with Crippen LogP contribution in [-0.4, -0.2) is 11.2 Å². The van der Waals surface area contributed by atoms with E-state index in [1.54, 1.807) is 11.8 Å². The van der Waals surface area contributed by atoms with Gasteiger partial charge in [-0.2, -0.15) is 0 Å². The Labute approximate surface area is 135 Å². The lowest BCUT2D eigenvalue weighted by molar-refractivity contribution is 1.35. The van der Waals surface area contributed by atoms with Crippen molar-refractivity contribution < 1.29 is 0 Å². The molecule has 0 unspecified atom stereocenters. The van der Waals surface area contributed by atoms with Crippen LogP contribution in [0.1, 0.15) is 0 Å². The predicted octanol–water partition coefficient (Wildman–Crippen LogP) is 4.81. The fraction of sp³-hybridized carbons (Fsp3) is 0.0625. The number of nitrogens with two attached hydrogens (primary N) is 1. The summed E-state index contributed by atoms with van der Waals surface area (Å²) in [6.45, 7) is 0. The molecule has 2 N–H and O–H groups in total. The lowest BCUT2D eigenvalue weighted by Gasteiger charge is -2.14. The van der Waals surface area contributed by atoms with Crippen molar-refractivity contribution in [3.63, 3.8) is 0 Å². The maximum Gasteiger partial charge on any atom is 0.133 e. The highest BCUT2D eigenvalue weighted by molar-refractivity contribution is 14.1. The Morgan fingerprint density at radius 2 is 1.85 bits per heavy atom. The van der Waals surface area contributed by atoms with E-state index in [-0.39, 0.29) is 0 Å². The number of anilines is 1. The number of fused-ring (bicyclic) bond motifs is 1. The zero-order valence-electron chi connectivity index (χ0n) is 10.9. The molecule has 0 atom stereocenters. The van der Waals surface area contributed by atoms with Crippen LogP contribution in [-0.2, 0) is 0 Å². The van der Waals surface area contributed by atoms with Gasteiger partial charge >= 0.3 is 0 Å². The minimum atomic E-state index is 0.592. The van der Waals surface area contributed by atoms with Gasteiger partial charge in [0.05, 0.1) is 5.52 Å². The summed E-state index contributed by atoms with van der Waals surface area (Å²) in [5, 5.41) is 1.16. The summed E-state index contributed by atoms with van der Waals surface area (Å²) in [6, 6.07) is 16.5. The molecule has 0 radical (unpaired) electrons. The van der Waals surface area contributed by atoms with E-state index in [9.17, 15) is 0 Å². The number of nitrogens with zero attached hydrogens (tertiary/aromatic N) is 1. The Balaban J connectivity index is 2.39. The molecule has 3 aromatic rings. The average molecular weight is 392 g/mol. The van der Waals surface area contributed by atoms with Gasteiger partial charge in [0.25, 0.3) is 0 Å². The number of pyridine rings is 1. The largest absolute Gasteiger partial charge is 0.383 e. The number of benzene rings is 2. The van der Waals surface area contributed by atoms with E-state index in [0.29, 0.717) is 5.82 Å². The van der Waals surface area contributed by atoms with Gasteiger partial charge in [0, 0.05) is 19.4 Å². The standard InChI is InChI=1S/C16H13IN2S/c1-20-15-12-9-11(17)7-8-13(12)19-16(18)14(15)10-5-3-2-4-6-10/h2-9H,1H3,(H2,18,19). The smallest absolute Gasteiger partial charge is 0.133 e. The number of rotatable bonds is 2. The lowest BCUT2D eigenvalue weighted by atomic mass is 10.0. The predicted molar refractivity (Wildman–Crippen MR) is 96.1 cm³/mol. The summed E-state index contributed by atoms with van der Waals surface area (Å²) in [5.74, 6) is 0.592. The molecule has 3 rings (SSSR count). The number of halogens is 1. The molecule has 0 bridgehead atoms. The Kier molecular flexibility index (Phi) is 3.85. The second-order valence-electron chi connectivity index (χ2n) is 4.43. The monoisotopic (exact) mass is 392 g/mol. The highest BCUT2D eigenvalue weighted by Crippen LogP contribution is 2.39. The van der Waals surface area contributed by atoms with Crippen LogP contribution in [0.5, 0.6) is 0 Å². The highest BCUT2D eigenvalue weighted by Gasteiger charge is 2.14. The molecular weight excluding hydrogens is 379 g/mol. The Hall–Kier alpha value is -1.27. The summed E-state index contributed by atoms with van der Waals surface area (Å²) < 4.78 is 1.20. The fourth-order valence-electron chi connectivity index (χ4n) is 2.32. The molecule has 100 valence electrons. The molecule has 0 saturated heterocycles. The van der Waals surface area contributed by atoms with Gasteiger partial charge in [-0.1, -0.05) is 30.3 Å². The molecule has 0 fully saturated rings. The average Bonchev–Trinajstić information content (AvgIpc) is 2.47. The van der Waals surface area contributed by atoms with Crippen molar-refractivity contribution in [2.45, 2.75) is 4.90 Å². The second kappa shape index (κ2) is 5.61. The van der Waals surface area contributed by atoms with Crippen LogP contribution in [0.25, 0.3) is 22.0 Å². The highest BCUT2D eigenvalue weighted by atomic mass is 127. The third-order valence-electron chi connectivity index (χ3n) is 3.19.